The first-order chi connectivity index (χ1) is 9.40. The van der Waals surface area contributed by atoms with Gasteiger partial charge in [0.15, 0.2) is 0 Å². The summed E-state index contributed by atoms with van der Waals surface area (Å²) in [7, 11) is 0. The van der Waals surface area contributed by atoms with E-state index >= 15 is 0 Å². The van der Waals surface area contributed by atoms with Crippen LogP contribution in [-0.4, -0.2) is 32.9 Å². The molecule has 0 saturated heterocycles. The molecule has 0 aliphatic carbocycles. The number of carboxylic acids is 1. The number of rotatable bonds is 7. The number of carbonyl (C=O) groups excluding carboxylic acids is 1. The van der Waals surface area contributed by atoms with Crippen LogP contribution in [0.5, 0.6) is 0 Å². The molecule has 0 aromatic carbocycles. The number of pyridine rings is 1. The molecule has 0 radical (unpaired) electrons. The van der Waals surface area contributed by atoms with Crippen molar-refractivity contribution < 1.29 is 14.7 Å². The van der Waals surface area contributed by atoms with Crippen LogP contribution in [0, 0.1) is 5.92 Å². The minimum atomic E-state index is -0.867. The van der Waals surface area contributed by atoms with E-state index < -0.39 is 5.97 Å². The molecular weight excluding hydrogens is 256 g/mol. The molecule has 0 aliphatic rings. The van der Waals surface area contributed by atoms with Crippen molar-refractivity contribution in [2.45, 2.75) is 46.2 Å². The van der Waals surface area contributed by atoms with Crippen LogP contribution in [0.3, 0.4) is 0 Å². The SMILES string of the molecule is CC(CC(=O)O)CC(=O)N(Cc1cccnc1)C(C)C. The summed E-state index contributed by atoms with van der Waals surface area (Å²) in [4.78, 5) is 28.7. The zero-order valence-electron chi connectivity index (χ0n) is 12.2. The van der Waals surface area contributed by atoms with Gasteiger partial charge in [0.1, 0.15) is 0 Å². The first kappa shape index (κ1) is 16.1. The Morgan fingerprint density at radius 3 is 2.50 bits per heavy atom. The highest BCUT2D eigenvalue weighted by molar-refractivity contribution is 5.77. The van der Waals surface area contributed by atoms with E-state index in [0.717, 1.165) is 5.56 Å². The van der Waals surface area contributed by atoms with E-state index in [4.69, 9.17) is 5.11 Å². The minimum Gasteiger partial charge on any atom is -0.481 e. The molecule has 0 spiro atoms. The van der Waals surface area contributed by atoms with E-state index in [0.29, 0.717) is 6.54 Å². The van der Waals surface area contributed by atoms with Crippen molar-refractivity contribution in [3.05, 3.63) is 30.1 Å². The Kier molecular flexibility index (Phi) is 6.15. The van der Waals surface area contributed by atoms with Crippen LogP contribution < -0.4 is 0 Å². The third-order valence-corrected chi connectivity index (χ3v) is 3.07. The highest BCUT2D eigenvalue weighted by atomic mass is 16.4. The molecule has 1 aromatic heterocycles. The molecule has 20 heavy (non-hydrogen) atoms. The summed E-state index contributed by atoms with van der Waals surface area (Å²) in [6, 6.07) is 3.83. The molecule has 1 N–H and O–H groups in total. The van der Waals surface area contributed by atoms with Crippen LogP contribution in [-0.2, 0) is 16.1 Å². The van der Waals surface area contributed by atoms with E-state index in [9.17, 15) is 9.59 Å². The van der Waals surface area contributed by atoms with Crippen LogP contribution in [0.2, 0.25) is 0 Å². The average molecular weight is 278 g/mol. The van der Waals surface area contributed by atoms with E-state index in [1.165, 1.54) is 0 Å². The Morgan fingerprint density at radius 1 is 1.30 bits per heavy atom. The maximum absolute atomic E-state index is 12.3. The van der Waals surface area contributed by atoms with Gasteiger partial charge in [0.2, 0.25) is 5.91 Å². The monoisotopic (exact) mass is 278 g/mol. The number of carbonyl (C=O) groups is 2. The topological polar surface area (TPSA) is 70.5 Å². The second-order valence-corrected chi connectivity index (χ2v) is 5.38. The first-order valence-corrected chi connectivity index (χ1v) is 6.80. The van der Waals surface area contributed by atoms with Crippen LogP contribution in [0.4, 0.5) is 0 Å². The van der Waals surface area contributed by atoms with Crippen LogP contribution in [0.25, 0.3) is 0 Å². The molecular formula is C15H22N2O3. The number of amides is 1. The summed E-state index contributed by atoms with van der Waals surface area (Å²) >= 11 is 0. The van der Waals surface area contributed by atoms with Gasteiger partial charge in [-0.2, -0.15) is 0 Å². The molecule has 5 nitrogen and oxygen atoms in total. The van der Waals surface area contributed by atoms with E-state index in [-0.39, 0.29) is 30.7 Å². The Labute approximate surface area is 119 Å². The quantitative estimate of drug-likeness (QED) is 0.831. The number of aromatic nitrogens is 1. The van der Waals surface area contributed by atoms with E-state index in [2.05, 4.69) is 4.98 Å². The van der Waals surface area contributed by atoms with Crippen LogP contribution in [0.15, 0.2) is 24.5 Å². The largest absolute Gasteiger partial charge is 0.481 e. The molecule has 1 atom stereocenters. The van der Waals surface area contributed by atoms with Gasteiger partial charge in [-0.3, -0.25) is 14.6 Å². The minimum absolute atomic E-state index is 0.0161. The normalized spacial score (nSPS) is 12.2. The van der Waals surface area contributed by atoms with Crippen molar-refractivity contribution >= 4 is 11.9 Å². The van der Waals surface area contributed by atoms with Gasteiger partial charge in [-0.15, -0.1) is 0 Å². The summed E-state index contributed by atoms with van der Waals surface area (Å²) in [6.45, 7) is 6.20. The van der Waals surface area contributed by atoms with Crippen molar-refractivity contribution in [3.8, 4) is 0 Å². The summed E-state index contributed by atoms with van der Waals surface area (Å²) in [5.41, 5.74) is 0.973. The molecule has 1 amide bonds. The zero-order valence-corrected chi connectivity index (χ0v) is 12.2. The number of nitrogens with zero attached hydrogens (tertiary/aromatic N) is 2. The molecule has 0 bridgehead atoms. The molecule has 1 aromatic rings. The molecule has 1 heterocycles. The maximum atomic E-state index is 12.3. The highest BCUT2D eigenvalue weighted by Crippen LogP contribution is 2.14. The molecule has 1 unspecified atom stereocenters. The predicted molar refractivity (Wildman–Crippen MR) is 76.0 cm³/mol. The van der Waals surface area contributed by atoms with Crippen molar-refractivity contribution in [3.63, 3.8) is 0 Å². The van der Waals surface area contributed by atoms with Gasteiger partial charge in [-0.05, 0) is 31.4 Å². The third-order valence-electron chi connectivity index (χ3n) is 3.07. The third kappa shape index (κ3) is 5.38. The Bertz CT molecular complexity index is 446. The zero-order chi connectivity index (χ0) is 15.1. The molecule has 110 valence electrons. The Morgan fingerprint density at radius 2 is 2.00 bits per heavy atom. The van der Waals surface area contributed by atoms with Gasteiger partial charge in [0.05, 0.1) is 0 Å². The summed E-state index contributed by atoms with van der Waals surface area (Å²) in [5, 5.41) is 8.75. The fourth-order valence-electron chi connectivity index (χ4n) is 2.03. The number of hydrogen-bond acceptors (Lipinski definition) is 3. The molecule has 0 aliphatic heterocycles. The lowest BCUT2D eigenvalue weighted by atomic mass is 10.0. The number of aliphatic carboxylic acids is 1. The maximum Gasteiger partial charge on any atom is 0.303 e. The highest BCUT2D eigenvalue weighted by Gasteiger charge is 2.20. The number of hydrogen-bond donors (Lipinski definition) is 1. The van der Waals surface area contributed by atoms with Gasteiger partial charge in [0, 0.05) is 37.8 Å². The summed E-state index contributed by atoms with van der Waals surface area (Å²) in [5.74, 6) is -1.04. The Hall–Kier alpha value is -1.91. The van der Waals surface area contributed by atoms with E-state index in [1.54, 1.807) is 24.2 Å². The second-order valence-electron chi connectivity index (χ2n) is 5.38. The van der Waals surface area contributed by atoms with Crippen LogP contribution >= 0.6 is 0 Å². The first-order valence-electron chi connectivity index (χ1n) is 6.80. The van der Waals surface area contributed by atoms with Crippen LogP contribution in [0.1, 0.15) is 39.2 Å². The summed E-state index contributed by atoms with van der Waals surface area (Å²) < 4.78 is 0. The van der Waals surface area contributed by atoms with Gasteiger partial charge in [-0.1, -0.05) is 13.0 Å². The van der Waals surface area contributed by atoms with Gasteiger partial charge < -0.3 is 10.0 Å². The fourth-order valence-corrected chi connectivity index (χ4v) is 2.03. The molecule has 5 heteroatoms. The molecule has 0 fully saturated rings. The summed E-state index contributed by atoms with van der Waals surface area (Å²) in [6.07, 6.45) is 3.71. The van der Waals surface area contributed by atoms with E-state index in [1.807, 2.05) is 26.0 Å². The lowest BCUT2D eigenvalue weighted by molar-refractivity contribution is -0.139. The van der Waals surface area contributed by atoms with Crippen molar-refractivity contribution in [2.24, 2.45) is 5.92 Å². The molecule has 1 rings (SSSR count). The lowest BCUT2D eigenvalue weighted by Crippen LogP contribution is -2.37. The Balaban J connectivity index is 2.66. The predicted octanol–water partition coefficient (Wildman–Crippen LogP) is 2.32. The van der Waals surface area contributed by atoms with Crippen molar-refractivity contribution in [1.29, 1.82) is 0 Å². The molecule has 0 saturated carbocycles. The lowest BCUT2D eigenvalue weighted by Gasteiger charge is -2.28. The fraction of sp³-hybridized carbons (Fsp3) is 0.533. The van der Waals surface area contributed by atoms with Gasteiger partial charge >= 0.3 is 5.97 Å². The average Bonchev–Trinajstić information content (AvgIpc) is 2.35. The smallest absolute Gasteiger partial charge is 0.303 e. The second kappa shape index (κ2) is 7.62. The van der Waals surface area contributed by atoms with Crippen molar-refractivity contribution in [1.82, 2.24) is 9.88 Å². The van der Waals surface area contributed by atoms with Crippen molar-refractivity contribution in [2.75, 3.05) is 0 Å². The number of carboxylic acid groups (broad SMARTS) is 1. The van der Waals surface area contributed by atoms with Gasteiger partial charge in [0.25, 0.3) is 0 Å². The van der Waals surface area contributed by atoms with Gasteiger partial charge in [-0.25, -0.2) is 0 Å². The standard InChI is InChI=1S/C15H22N2O3/c1-11(2)17(10-13-5-4-6-16-9-13)14(18)7-12(3)8-15(19)20/h4-6,9,11-12H,7-8,10H2,1-3H3,(H,19,20).